The van der Waals surface area contributed by atoms with E-state index in [1.165, 1.54) is 27.3 Å². The summed E-state index contributed by atoms with van der Waals surface area (Å²) in [6.07, 6.45) is 1.87. The van der Waals surface area contributed by atoms with Crippen LogP contribution >= 0.6 is 0 Å². The van der Waals surface area contributed by atoms with Gasteiger partial charge < -0.3 is 9.16 Å². The molecular weight excluding hydrogens is 496 g/mol. The first-order chi connectivity index (χ1) is 16.2. The zero-order valence-corrected chi connectivity index (χ0v) is 24.1. The smallest absolute Gasteiger partial charge is 0 e. The molecule has 0 aliphatic heterocycles. The van der Waals surface area contributed by atoms with Crippen molar-refractivity contribution in [3.05, 3.63) is 67.5 Å². The third kappa shape index (κ3) is 7.37. The standard InChI is InChI=1S/C25H34O2Si.3CO.Cr/c1-9-18-19(10-2)24(27-28(7,8)25(3,4)5)22-20-14-12-11-13-17(20)15-16-21(22)23(18)26-6;3*1-2;/h11-16H,9-10H2,1-8H3;;;;. The van der Waals surface area contributed by atoms with Crippen molar-refractivity contribution in [3.8, 4) is 11.5 Å². The third-order valence-corrected chi connectivity index (χ3v) is 10.7. The van der Waals surface area contributed by atoms with Crippen LogP contribution in [0.2, 0.25) is 18.1 Å². The number of hydrogen-bond donors (Lipinski definition) is 0. The largest absolute Gasteiger partial charge is 0 e. The minimum absolute atomic E-state index is 0. The molecule has 0 saturated heterocycles. The predicted octanol–water partition coefficient (Wildman–Crippen LogP) is 7.40. The van der Waals surface area contributed by atoms with Gasteiger partial charge in [0.15, 0.2) is 0 Å². The van der Waals surface area contributed by atoms with Crippen LogP contribution in [0, 0.1) is 20.0 Å². The normalized spacial score (nSPS) is 10.2. The molecule has 0 N–H and O–H groups in total. The maximum absolute atomic E-state index is 7.50. The van der Waals surface area contributed by atoms with E-state index in [1.54, 1.807) is 7.11 Å². The third-order valence-electron chi connectivity index (χ3n) is 6.39. The Morgan fingerprint density at radius 1 is 0.771 bits per heavy atom. The first-order valence-corrected chi connectivity index (χ1v) is 13.9. The van der Waals surface area contributed by atoms with Crippen molar-refractivity contribution < 1.29 is 40.5 Å². The van der Waals surface area contributed by atoms with Gasteiger partial charge in [0.2, 0.25) is 0 Å². The molecule has 0 aliphatic rings. The van der Waals surface area contributed by atoms with E-state index in [0.717, 1.165) is 29.7 Å². The molecular formula is C28H34CrO5Si. The number of benzene rings is 3. The van der Waals surface area contributed by atoms with Crippen molar-refractivity contribution >= 4 is 29.9 Å². The Labute approximate surface area is 221 Å². The van der Waals surface area contributed by atoms with Gasteiger partial charge in [0, 0.05) is 33.7 Å². The SMILES string of the molecule is CCc1c(CC)c(O[Si](C)(C)C(C)(C)C)c2c(ccc3ccccc32)c1OC.[C-]#[O+].[C-]#[O+].[C-]#[O+].[Cr]. The van der Waals surface area contributed by atoms with Crippen LogP contribution in [0.1, 0.15) is 45.7 Å². The van der Waals surface area contributed by atoms with Crippen molar-refractivity contribution in [2.24, 2.45) is 0 Å². The second-order valence-corrected chi connectivity index (χ2v) is 13.8. The van der Waals surface area contributed by atoms with E-state index >= 15 is 0 Å². The van der Waals surface area contributed by atoms with E-state index in [4.69, 9.17) is 23.1 Å². The molecule has 0 radical (unpaired) electrons. The summed E-state index contributed by atoms with van der Waals surface area (Å²) in [5, 5.41) is 4.98. The quantitative estimate of drug-likeness (QED) is 0.149. The van der Waals surface area contributed by atoms with Gasteiger partial charge in [0.05, 0.1) is 7.11 Å². The van der Waals surface area contributed by atoms with Crippen LogP contribution in [-0.4, -0.2) is 15.4 Å². The fraction of sp³-hybridized carbons (Fsp3) is 0.393. The monoisotopic (exact) mass is 530 g/mol. The van der Waals surface area contributed by atoms with Gasteiger partial charge in [0.1, 0.15) is 11.5 Å². The van der Waals surface area contributed by atoms with Crippen molar-refractivity contribution in [1.29, 1.82) is 0 Å². The maximum Gasteiger partial charge on any atom is 0 e. The van der Waals surface area contributed by atoms with E-state index in [0.29, 0.717) is 0 Å². The van der Waals surface area contributed by atoms with Gasteiger partial charge in [-0.3, -0.25) is 0 Å². The van der Waals surface area contributed by atoms with Gasteiger partial charge in [-0.1, -0.05) is 65.0 Å². The molecule has 3 rings (SSSR count). The van der Waals surface area contributed by atoms with Crippen molar-refractivity contribution in [2.75, 3.05) is 7.11 Å². The summed E-state index contributed by atoms with van der Waals surface area (Å²) >= 11 is 0. The molecule has 0 unspecified atom stereocenters. The molecule has 0 fully saturated rings. The van der Waals surface area contributed by atoms with Crippen LogP contribution < -0.4 is 9.16 Å². The van der Waals surface area contributed by atoms with Crippen molar-refractivity contribution in [3.63, 3.8) is 0 Å². The molecule has 0 heterocycles. The van der Waals surface area contributed by atoms with Crippen LogP contribution in [-0.2, 0) is 44.2 Å². The fourth-order valence-electron chi connectivity index (χ4n) is 3.79. The maximum atomic E-state index is 7.50. The Morgan fingerprint density at radius 3 is 1.71 bits per heavy atom. The van der Waals surface area contributed by atoms with Gasteiger partial charge in [0.25, 0.3) is 8.32 Å². The molecule has 5 nitrogen and oxygen atoms in total. The average Bonchev–Trinajstić information content (AvgIpc) is 2.86. The fourth-order valence-corrected chi connectivity index (χ4v) is 4.84. The molecule has 7 heteroatoms. The summed E-state index contributed by atoms with van der Waals surface area (Å²) in [6, 6.07) is 13.0. The van der Waals surface area contributed by atoms with E-state index < -0.39 is 8.32 Å². The Bertz CT molecular complexity index is 1140. The molecule has 3 aromatic rings. The topological polar surface area (TPSA) is 78.2 Å². The van der Waals surface area contributed by atoms with E-state index in [2.05, 4.69) is 104 Å². The van der Waals surface area contributed by atoms with Crippen LogP contribution in [0.4, 0.5) is 0 Å². The first kappa shape index (κ1) is 34.9. The van der Waals surface area contributed by atoms with Gasteiger partial charge in [-0.25, -0.2) is 0 Å². The number of methoxy groups -OCH3 is 1. The zero-order valence-electron chi connectivity index (χ0n) is 21.8. The molecule has 0 aliphatic carbocycles. The summed E-state index contributed by atoms with van der Waals surface area (Å²) in [4.78, 5) is 0. The van der Waals surface area contributed by atoms with Gasteiger partial charge in [-0.2, -0.15) is 0 Å². The number of hydrogen-bond acceptors (Lipinski definition) is 2. The molecule has 0 saturated carbocycles. The molecule has 186 valence electrons. The minimum atomic E-state index is -2.00. The summed E-state index contributed by atoms with van der Waals surface area (Å²) in [5.41, 5.74) is 2.58. The Hall–Kier alpha value is -2.25. The zero-order chi connectivity index (χ0) is 26.7. The molecule has 0 atom stereocenters. The molecule has 0 bridgehead atoms. The summed E-state index contributed by atoms with van der Waals surface area (Å²) in [7, 11) is -0.213. The van der Waals surface area contributed by atoms with E-state index in [9.17, 15) is 0 Å². The van der Waals surface area contributed by atoms with Crippen LogP contribution in [0.15, 0.2) is 36.4 Å². The van der Waals surface area contributed by atoms with E-state index in [1.807, 2.05) is 0 Å². The second-order valence-electron chi connectivity index (χ2n) is 9.10. The van der Waals surface area contributed by atoms with Gasteiger partial charge >= 0.3 is 33.9 Å². The Balaban J connectivity index is 0. The minimum Gasteiger partial charge on any atom is 0 e. The van der Waals surface area contributed by atoms with Gasteiger partial charge in [-0.05, 0) is 53.4 Å². The first-order valence-electron chi connectivity index (χ1n) is 11.0. The summed E-state index contributed by atoms with van der Waals surface area (Å²) in [6.45, 7) is 29.5. The molecule has 0 amide bonds. The summed E-state index contributed by atoms with van der Waals surface area (Å²) in [5.74, 6) is 2.08. The molecule has 0 spiro atoms. The van der Waals surface area contributed by atoms with Crippen molar-refractivity contribution in [2.45, 2.75) is 65.6 Å². The Kier molecular flexibility index (Phi) is 15.6. The van der Waals surface area contributed by atoms with Gasteiger partial charge in [-0.15, -0.1) is 0 Å². The van der Waals surface area contributed by atoms with Crippen LogP contribution in [0.3, 0.4) is 0 Å². The average molecular weight is 531 g/mol. The number of fused-ring (bicyclic) bond motifs is 3. The molecule has 3 aromatic carbocycles. The molecule has 0 aromatic heterocycles. The predicted molar refractivity (Wildman–Crippen MR) is 136 cm³/mol. The van der Waals surface area contributed by atoms with Crippen LogP contribution in [0.5, 0.6) is 11.5 Å². The molecule has 35 heavy (non-hydrogen) atoms. The number of rotatable bonds is 5. The second kappa shape index (κ2) is 15.7. The van der Waals surface area contributed by atoms with E-state index in [-0.39, 0.29) is 22.4 Å². The summed E-state index contributed by atoms with van der Waals surface area (Å²) < 4.78 is 35.5. The number of ether oxygens (including phenoxy) is 1. The van der Waals surface area contributed by atoms with Crippen LogP contribution in [0.25, 0.3) is 21.5 Å². The Morgan fingerprint density at radius 2 is 1.26 bits per heavy atom. The van der Waals surface area contributed by atoms with Crippen molar-refractivity contribution in [1.82, 2.24) is 0 Å².